The maximum absolute atomic E-state index is 10.6. The molecule has 0 saturated heterocycles. The molecule has 0 fully saturated rings. The molecule has 0 aliphatic heterocycles. The van der Waals surface area contributed by atoms with Crippen molar-refractivity contribution in [2.45, 2.75) is 8.63 Å². The molecular formula is C4HCl5O3. The molecule has 70 valence electrons. The zero-order valence-electron chi connectivity index (χ0n) is 5.19. The number of halogens is 5. The summed E-state index contributed by atoms with van der Waals surface area (Å²) in [4.78, 5) is 19.7. The summed E-state index contributed by atoms with van der Waals surface area (Å²) < 4.78 is 1.63. The molecule has 0 radical (unpaired) electrons. The molecule has 0 amide bonds. The van der Waals surface area contributed by atoms with Crippen LogP contribution < -0.4 is 0 Å². The number of hydrogen-bond acceptors (Lipinski definition) is 3. The molecule has 0 aromatic rings. The minimum atomic E-state index is -2.31. The zero-order valence-corrected chi connectivity index (χ0v) is 8.97. The first-order chi connectivity index (χ1) is 5.25. The summed E-state index contributed by atoms with van der Waals surface area (Å²) in [5, 5.41) is 0. The molecule has 0 aromatic carbocycles. The van der Waals surface area contributed by atoms with Crippen LogP contribution in [0.4, 0.5) is 0 Å². The van der Waals surface area contributed by atoms with Crippen LogP contribution in [0.3, 0.4) is 0 Å². The Kier molecular flexibility index (Phi) is 4.95. The highest BCUT2D eigenvalue weighted by atomic mass is 35.6. The maximum atomic E-state index is 10.6. The Morgan fingerprint density at radius 3 is 1.83 bits per heavy atom. The van der Waals surface area contributed by atoms with E-state index in [0.29, 0.717) is 0 Å². The number of rotatable bonds is 1. The van der Waals surface area contributed by atoms with Crippen molar-refractivity contribution >= 4 is 69.9 Å². The molecule has 0 unspecified atom stereocenters. The molecule has 0 N–H and O–H groups in total. The van der Waals surface area contributed by atoms with Gasteiger partial charge in [0.05, 0.1) is 0 Å². The van der Waals surface area contributed by atoms with Gasteiger partial charge in [0.1, 0.15) is 0 Å². The van der Waals surface area contributed by atoms with Gasteiger partial charge >= 0.3 is 11.9 Å². The average molecular weight is 274 g/mol. The van der Waals surface area contributed by atoms with Gasteiger partial charge in [-0.1, -0.05) is 58.0 Å². The number of ether oxygens (including phenoxy) is 1. The predicted octanol–water partition coefficient (Wildman–Crippen LogP) is 2.23. The van der Waals surface area contributed by atoms with Crippen molar-refractivity contribution in [1.82, 2.24) is 0 Å². The predicted molar refractivity (Wildman–Crippen MR) is 46.9 cm³/mol. The van der Waals surface area contributed by atoms with E-state index in [2.05, 4.69) is 4.74 Å². The Balaban J connectivity index is 4.12. The smallest absolute Gasteiger partial charge is 0.366 e. The van der Waals surface area contributed by atoms with Gasteiger partial charge in [0.2, 0.25) is 4.84 Å². The lowest BCUT2D eigenvalue weighted by Gasteiger charge is -2.08. The quantitative estimate of drug-likeness (QED) is 0.418. The summed E-state index contributed by atoms with van der Waals surface area (Å²) >= 11 is 25.2. The maximum Gasteiger partial charge on any atom is 0.366 e. The molecule has 0 saturated carbocycles. The van der Waals surface area contributed by atoms with Gasteiger partial charge in [-0.05, 0) is 0 Å². The third-order valence-electron chi connectivity index (χ3n) is 0.603. The SMILES string of the molecule is O=C(OC(=O)C(Cl)(Cl)Cl)C(Cl)Cl. The van der Waals surface area contributed by atoms with Gasteiger partial charge in [0, 0.05) is 0 Å². The average Bonchev–Trinajstić information content (AvgIpc) is 1.85. The van der Waals surface area contributed by atoms with Gasteiger partial charge in [0.15, 0.2) is 0 Å². The van der Waals surface area contributed by atoms with Crippen molar-refractivity contribution < 1.29 is 14.3 Å². The summed E-state index contributed by atoms with van der Waals surface area (Å²) in [5.74, 6) is -2.53. The van der Waals surface area contributed by atoms with Crippen LogP contribution in [-0.4, -0.2) is 20.6 Å². The normalized spacial score (nSPS) is 11.5. The zero-order chi connectivity index (χ0) is 9.94. The topological polar surface area (TPSA) is 43.4 Å². The molecule has 0 aliphatic rings. The number of alkyl halides is 5. The van der Waals surface area contributed by atoms with Crippen LogP contribution in [0.1, 0.15) is 0 Å². The minimum absolute atomic E-state index is 1.19. The molecule has 0 spiro atoms. The van der Waals surface area contributed by atoms with E-state index in [9.17, 15) is 9.59 Å². The molecular weight excluding hydrogens is 273 g/mol. The fourth-order valence-electron chi connectivity index (χ4n) is 0.194. The Hall–Kier alpha value is 0.590. The van der Waals surface area contributed by atoms with Crippen molar-refractivity contribution in [3.8, 4) is 0 Å². The highest BCUT2D eigenvalue weighted by Crippen LogP contribution is 2.27. The van der Waals surface area contributed by atoms with Crippen LogP contribution in [0.15, 0.2) is 0 Å². The summed E-state index contributed by atoms with van der Waals surface area (Å²) in [6, 6.07) is 0. The number of carbonyl (C=O) groups is 2. The van der Waals surface area contributed by atoms with Crippen LogP contribution in [0.5, 0.6) is 0 Å². The van der Waals surface area contributed by atoms with E-state index in [4.69, 9.17) is 58.0 Å². The van der Waals surface area contributed by atoms with Crippen LogP contribution in [0, 0.1) is 0 Å². The van der Waals surface area contributed by atoms with Crippen LogP contribution in [0.25, 0.3) is 0 Å². The van der Waals surface area contributed by atoms with Gasteiger partial charge in [-0.15, -0.1) is 0 Å². The summed E-state index contributed by atoms with van der Waals surface area (Å²) in [6.45, 7) is 0. The molecule has 0 aliphatic carbocycles. The van der Waals surface area contributed by atoms with E-state index in [0.717, 1.165) is 0 Å². The van der Waals surface area contributed by atoms with Crippen molar-refractivity contribution in [3.05, 3.63) is 0 Å². The first-order valence-corrected chi connectivity index (χ1v) is 4.37. The van der Waals surface area contributed by atoms with E-state index in [-0.39, 0.29) is 0 Å². The minimum Gasteiger partial charge on any atom is -0.388 e. The summed E-state index contributed by atoms with van der Waals surface area (Å²) in [6.07, 6.45) is 0. The highest BCUT2D eigenvalue weighted by molar-refractivity contribution is 6.76. The molecule has 8 heteroatoms. The third kappa shape index (κ3) is 4.58. The van der Waals surface area contributed by atoms with Gasteiger partial charge < -0.3 is 4.74 Å². The van der Waals surface area contributed by atoms with Crippen molar-refractivity contribution in [1.29, 1.82) is 0 Å². The molecule has 0 rings (SSSR count). The van der Waals surface area contributed by atoms with Crippen LogP contribution in [0.2, 0.25) is 0 Å². The Morgan fingerprint density at radius 1 is 1.17 bits per heavy atom. The van der Waals surface area contributed by atoms with E-state index in [1.165, 1.54) is 0 Å². The standard InChI is InChI=1S/C4HCl5O3/c5-1(6)2(10)12-3(11)4(7,8)9/h1H. The lowest BCUT2D eigenvalue weighted by Crippen LogP contribution is -2.27. The van der Waals surface area contributed by atoms with Gasteiger partial charge in [0.25, 0.3) is 3.79 Å². The fraction of sp³-hybridized carbons (Fsp3) is 0.500. The van der Waals surface area contributed by atoms with E-state index in [1.807, 2.05) is 0 Å². The molecule has 3 nitrogen and oxygen atoms in total. The molecule has 0 atom stereocenters. The van der Waals surface area contributed by atoms with Crippen molar-refractivity contribution in [2.24, 2.45) is 0 Å². The second-order valence-electron chi connectivity index (χ2n) is 1.51. The van der Waals surface area contributed by atoms with E-state index in [1.54, 1.807) is 0 Å². The second kappa shape index (κ2) is 4.72. The Bertz CT molecular complexity index is 195. The summed E-state index contributed by atoms with van der Waals surface area (Å²) in [5.41, 5.74) is 0. The van der Waals surface area contributed by atoms with E-state index < -0.39 is 20.6 Å². The van der Waals surface area contributed by atoms with Crippen LogP contribution >= 0.6 is 58.0 Å². The number of carbonyl (C=O) groups excluding carboxylic acids is 2. The number of hydrogen-bond donors (Lipinski definition) is 0. The van der Waals surface area contributed by atoms with Crippen molar-refractivity contribution in [2.75, 3.05) is 0 Å². The molecule has 0 heterocycles. The first kappa shape index (κ1) is 12.6. The van der Waals surface area contributed by atoms with Gasteiger partial charge in [-0.25, -0.2) is 9.59 Å². The van der Waals surface area contributed by atoms with Crippen molar-refractivity contribution in [3.63, 3.8) is 0 Å². The van der Waals surface area contributed by atoms with E-state index >= 15 is 0 Å². The van der Waals surface area contributed by atoms with Gasteiger partial charge in [-0.2, -0.15) is 0 Å². The largest absolute Gasteiger partial charge is 0.388 e. The van der Waals surface area contributed by atoms with Gasteiger partial charge in [-0.3, -0.25) is 0 Å². The lowest BCUT2D eigenvalue weighted by molar-refractivity contribution is -0.157. The third-order valence-corrected chi connectivity index (χ3v) is 1.42. The Labute approximate surface area is 92.8 Å². The number of esters is 2. The lowest BCUT2D eigenvalue weighted by atomic mass is 10.7. The van der Waals surface area contributed by atoms with Crippen LogP contribution in [-0.2, 0) is 14.3 Å². The Morgan fingerprint density at radius 2 is 1.58 bits per heavy atom. The summed E-state index contributed by atoms with van der Waals surface area (Å²) in [7, 11) is 0. The molecule has 12 heavy (non-hydrogen) atoms. The second-order valence-corrected chi connectivity index (χ2v) is 4.88. The fourth-order valence-corrected chi connectivity index (χ4v) is 0.399. The molecule has 0 bridgehead atoms. The monoisotopic (exact) mass is 272 g/mol. The molecule has 0 aromatic heterocycles. The highest BCUT2D eigenvalue weighted by Gasteiger charge is 2.35. The first-order valence-electron chi connectivity index (χ1n) is 2.36.